The first-order chi connectivity index (χ1) is 17.5. The highest BCUT2D eigenvalue weighted by atomic mass is 16.4. The predicted molar refractivity (Wildman–Crippen MR) is 138 cm³/mol. The van der Waals surface area contributed by atoms with Gasteiger partial charge in [0, 0.05) is 18.9 Å². The van der Waals surface area contributed by atoms with Crippen molar-refractivity contribution in [1.29, 1.82) is 0 Å². The number of aliphatic carboxylic acids is 1. The largest absolute Gasteiger partial charge is 0.481 e. The van der Waals surface area contributed by atoms with Gasteiger partial charge < -0.3 is 26.4 Å². The number of carbonyl (C=O) groups is 5. The average Bonchev–Trinajstić information content (AvgIpc) is 2.84. The Hall–Kier alpha value is -3.69. The average molecular weight is 515 g/mol. The first-order valence-corrected chi connectivity index (χ1v) is 12.6. The second-order valence-electron chi connectivity index (χ2n) is 9.75. The predicted octanol–water partition coefficient (Wildman–Crippen LogP) is 1.31. The number of rotatable bonds is 8. The fourth-order valence-electron chi connectivity index (χ4n) is 3.97. The van der Waals surface area contributed by atoms with Crippen LogP contribution in [0.3, 0.4) is 0 Å². The molecule has 0 radical (unpaired) electrons. The standard InChI is InChI=1S/C27H38N4O6/c1-16(2)23-27(37)28-18(4)25(35)30-21(15-19-11-7-5-8-12-19)26(36)29-20(17(3)24(34)31-23)13-9-6-10-14-22(32)33/h5-9,11-12,16-18,20-21,23H,10,13-15H2,1-4H3,(H,28,37)(H,29,36)(H,30,35)(H,31,34)(H,32,33)/b9-6-/t17-,18-,20+,21-,23-/m1/s1. The maximum atomic E-state index is 13.4. The lowest BCUT2D eigenvalue weighted by molar-refractivity contribution is -0.137. The van der Waals surface area contributed by atoms with Gasteiger partial charge in [-0.2, -0.15) is 0 Å². The van der Waals surface area contributed by atoms with E-state index in [0.717, 1.165) is 5.56 Å². The van der Waals surface area contributed by atoms with E-state index in [4.69, 9.17) is 5.11 Å². The minimum atomic E-state index is -0.940. The normalized spacial score (nSPS) is 25.8. The Labute approximate surface area is 217 Å². The highest BCUT2D eigenvalue weighted by Crippen LogP contribution is 2.14. The van der Waals surface area contributed by atoms with Crippen LogP contribution in [0.4, 0.5) is 0 Å². The van der Waals surface area contributed by atoms with Gasteiger partial charge in [0.05, 0.1) is 5.92 Å². The highest BCUT2D eigenvalue weighted by Gasteiger charge is 2.34. The Morgan fingerprint density at radius 2 is 1.57 bits per heavy atom. The monoisotopic (exact) mass is 514 g/mol. The van der Waals surface area contributed by atoms with E-state index in [0.29, 0.717) is 6.42 Å². The molecule has 10 heteroatoms. The van der Waals surface area contributed by atoms with Gasteiger partial charge in [-0.05, 0) is 31.2 Å². The zero-order chi connectivity index (χ0) is 27.5. The summed E-state index contributed by atoms with van der Waals surface area (Å²) >= 11 is 0. The number of hydrogen-bond acceptors (Lipinski definition) is 5. The molecule has 0 spiro atoms. The minimum absolute atomic E-state index is 0.0297. The summed E-state index contributed by atoms with van der Waals surface area (Å²) in [7, 11) is 0. The lowest BCUT2D eigenvalue weighted by Crippen LogP contribution is -2.56. The van der Waals surface area contributed by atoms with Crippen LogP contribution >= 0.6 is 0 Å². The van der Waals surface area contributed by atoms with Crippen LogP contribution in [0, 0.1) is 11.8 Å². The molecule has 0 unspecified atom stereocenters. The molecule has 0 aliphatic carbocycles. The van der Waals surface area contributed by atoms with E-state index in [1.807, 2.05) is 30.3 Å². The number of allylic oxidation sites excluding steroid dienone is 1. The summed E-state index contributed by atoms with van der Waals surface area (Å²) in [6.07, 6.45) is 4.20. The van der Waals surface area contributed by atoms with E-state index in [1.165, 1.54) is 6.92 Å². The van der Waals surface area contributed by atoms with E-state index in [9.17, 15) is 24.0 Å². The molecule has 0 bridgehead atoms. The number of benzene rings is 1. The van der Waals surface area contributed by atoms with Crippen LogP contribution < -0.4 is 21.3 Å². The van der Waals surface area contributed by atoms with Gasteiger partial charge in [-0.3, -0.25) is 24.0 Å². The smallest absolute Gasteiger partial charge is 0.303 e. The summed E-state index contributed by atoms with van der Waals surface area (Å²) < 4.78 is 0. The molecule has 5 N–H and O–H groups in total. The van der Waals surface area contributed by atoms with Crippen molar-refractivity contribution in [2.24, 2.45) is 11.8 Å². The molecule has 0 saturated carbocycles. The van der Waals surface area contributed by atoms with Gasteiger partial charge in [0.25, 0.3) is 0 Å². The topological polar surface area (TPSA) is 154 Å². The second-order valence-corrected chi connectivity index (χ2v) is 9.75. The number of carboxylic acids is 1. The van der Waals surface area contributed by atoms with Crippen molar-refractivity contribution in [2.45, 2.75) is 77.5 Å². The van der Waals surface area contributed by atoms with Crippen molar-refractivity contribution in [3.05, 3.63) is 48.0 Å². The molecule has 0 aromatic heterocycles. The molecule has 202 valence electrons. The number of carbonyl (C=O) groups excluding carboxylic acids is 4. The summed E-state index contributed by atoms with van der Waals surface area (Å²) in [5, 5.41) is 19.9. The molecule has 2 rings (SSSR count). The number of hydrogen-bond donors (Lipinski definition) is 5. The highest BCUT2D eigenvalue weighted by molar-refractivity contribution is 5.95. The van der Waals surface area contributed by atoms with Crippen LogP contribution in [0.25, 0.3) is 0 Å². The van der Waals surface area contributed by atoms with E-state index >= 15 is 0 Å². The SMILES string of the molecule is CC(C)[C@H]1NC(=O)[C@H](C)[C@H](C/C=C\CCC(=O)O)NC(=O)[C@@H](Cc2ccccc2)NC(=O)[C@@H](C)NC1=O. The van der Waals surface area contributed by atoms with E-state index in [2.05, 4.69) is 21.3 Å². The Morgan fingerprint density at radius 1 is 0.892 bits per heavy atom. The fraction of sp³-hybridized carbons (Fsp3) is 0.519. The van der Waals surface area contributed by atoms with Gasteiger partial charge in [-0.25, -0.2) is 0 Å². The third kappa shape index (κ3) is 9.36. The molecule has 1 heterocycles. The molecule has 10 nitrogen and oxygen atoms in total. The summed E-state index contributed by atoms with van der Waals surface area (Å²) in [5.41, 5.74) is 0.833. The van der Waals surface area contributed by atoms with Crippen LogP contribution in [0.1, 0.15) is 52.5 Å². The van der Waals surface area contributed by atoms with Crippen LogP contribution in [0.2, 0.25) is 0 Å². The van der Waals surface area contributed by atoms with Crippen molar-refractivity contribution in [2.75, 3.05) is 0 Å². The maximum Gasteiger partial charge on any atom is 0.303 e. The Kier molecular flexibility index (Phi) is 11.3. The Balaban J connectivity index is 2.38. The van der Waals surface area contributed by atoms with Crippen LogP contribution in [-0.2, 0) is 30.4 Å². The van der Waals surface area contributed by atoms with Crippen molar-refractivity contribution in [3.8, 4) is 0 Å². The lowest BCUT2D eigenvalue weighted by atomic mass is 9.94. The molecule has 1 fully saturated rings. The molecular formula is C27H38N4O6. The van der Waals surface area contributed by atoms with Crippen molar-refractivity contribution in [1.82, 2.24) is 21.3 Å². The van der Waals surface area contributed by atoms with Gasteiger partial charge in [0.1, 0.15) is 18.1 Å². The van der Waals surface area contributed by atoms with Gasteiger partial charge in [0.15, 0.2) is 0 Å². The molecule has 1 aliphatic heterocycles. The van der Waals surface area contributed by atoms with Crippen LogP contribution in [0.15, 0.2) is 42.5 Å². The fourth-order valence-corrected chi connectivity index (χ4v) is 3.97. The molecule has 1 aromatic carbocycles. The summed E-state index contributed by atoms with van der Waals surface area (Å²) in [6.45, 7) is 6.77. The number of amides is 4. The quantitative estimate of drug-likeness (QED) is 0.330. The van der Waals surface area contributed by atoms with E-state index < -0.39 is 59.7 Å². The van der Waals surface area contributed by atoms with Gasteiger partial charge in [-0.15, -0.1) is 0 Å². The molecule has 1 aromatic rings. The molecule has 1 aliphatic rings. The lowest BCUT2D eigenvalue weighted by Gasteiger charge is -2.28. The van der Waals surface area contributed by atoms with Gasteiger partial charge >= 0.3 is 5.97 Å². The zero-order valence-electron chi connectivity index (χ0n) is 21.8. The molecule has 4 amide bonds. The minimum Gasteiger partial charge on any atom is -0.481 e. The van der Waals surface area contributed by atoms with Crippen LogP contribution in [0.5, 0.6) is 0 Å². The Bertz CT molecular complexity index is 994. The number of carboxylic acid groups (broad SMARTS) is 1. The molecule has 5 atom stereocenters. The van der Waals surface area contributed by atoms with Crippen molar-refractivity contribution in [3.63, 3.8) is 0 Å². The first-order valence-electron chi connectivity index (χ1n) is 12.6. The summed E-state index contributed by atoms with van der Waals surface area (Å²) in [5.74, 6) is -3.75. The summed E-state index contributed by atoms with van der Waals surface area (Å²) in [6, 6.07) is 5.82. The van der Waals surface area contributed by atoms with Gasteiger partial charge in [-0.1, -0.05) is 63.3 Å². The Morgan fingerprint density at radius 3 is 2.19 bits per heavy atom. The third-order valence-corrected chi connectivity index (χ3v) is 6.34. The van der Waals surface area contributed by atoms with Crippen molar-refractivity contribution >= 4 is 29.6 Å². The zero-order valence-corrected chi connectivity index (χ0v) is 21.8. The maximum absolute atomic E-state index is 13.4. The van der Waals surface area contributed by atoms with Crippen molar-refractivity contribution < 1.29 is 29.1 Å². The second kappa shape index (κ2) is 14.2. The molecule has 1 saturated heterocycles. The van der Waals surface area contributed by atoms with Gasteiger partial charge in [0.2, 0.25) is 23.6 Å². The summed E-state index contributed by atoms with van der Waals surface area (Å²) in [4.78, 5) is 63.2. The number of nitrogens with one attached hydrogen (secondary N) is 4. The van der Waals surface area contributed by atoms with E-state index in [-0.39, 0.29) is 25.2 Å². The first kappa shape index (κ1) is 29.5. The molecular weight excluding hydrogens is 476 g/mol. The van der Waals surface area contributed by atoms with Crippen LogP contribution in [-0.4, -0.2) is 58.9 Å². The van der Waals surface area contributed by atoms with E-state index in [1.54, 1.807) is 32.9 Å². The third-order valence-electron chi connectivity index (χ3n) is 6.34. The molecule has 37 heavy (non-hydrogen) atoms.